The smallest absolute Gasteiger partial charge is 0.326 e. The number of aliphatic carboxylic acids is 1. The van der Waals surface area contributed by atoms with Gasteiger partial charge in [-0.15, -0.1) is 11.3 Å². The van der Waals surface area contributed by atoms with Gasteiger partial charge in [0.25, 0.3) is 5.91 Å². The fourth-order valence-corrected chi connectivity index (χ4v) is 3.46. The summed E-state index contributed by atoms with van der Waals surface area (Å²) in [4.78, 5) is 24.9. The summed E-state index contributed by atoms with van der Waals surface area (Å²) in [6.45, 7) is 0. The molecule has 0 spiro atoms. The average molecular weight is 370 g/mol. The van der Waals surface area contributed by atoms with Gasteiger partial charge in [0.15, 0.2) is 0 Å². The first kappa shape index (κ1) is 17.8. The summed E-state index contributed by atoms with van der Waals surface area (Å²) in [5, 5.41) is 12.4. The number of halogens is 1. The Kier molecular flexibility index (Phi) is 6.50. The monoisotopic (exact) mass is 369 g/mol. The summed E-state index contributed by atoms with van der Waals surface area (Å²) in [5.74, 6) is -0.692. The van der Waals surface area contributed by atoms with Gasteiger partial charge in [0.2, 0.25) is 0 Å². The van der Waals surface area contributed by atoms with Crippen LogP contribution in [0, 0.1) is 0 Å². The van der Waals surface area contributed by atoms with E-state index in [9.17, 15) is 14.7 Å². The fourth-order valence-electron chi connectivity index (χ4n) is 1.95. The first-order chi connectivity index (χ1) is 11.0. The maximum absolute atomic E-state index is 12.2. The molecule has 0 fully saturated rings. The normalized spacial score (nSPS) is 11.9. The van der Waals surface area contributed by atoms with Gasteiger partial charge < -0.3 is 10.4 Å². The van der Waals surface area contributed by atoms with Crippen LogP contribution in [-0.4, -0.2) is 35.0 Å². The molecule has 1 atom stereocenters. The zero-order chi connectivity index (χ0) is 16.8. The van der Waals surface area contributed by atoms with Gasteiger partial charge in [0.05, 0.1) is 4.88 Å². The first-order valence-electron chi connectivity index (χ1n) is 6.89. The predicted molar refractivity (Wildman–Crippen MR) is 96.7 cm³/mol. The molecule has 23 heavy (non-hydrogen) atoms. The van der Waals surface area contributed by atoms with Crippen LogP contribution in [0.3, 0.4) is 0 Å². The second-order valence-corrected chi connectivity index (χ2v) is 7.32. The van der Waals surface area contributed by atoms with Gasteiger partial charge in [0, 0.05) is 9.90 Å². The molecule has 2 aromatic rings. The minimum Gasteiger partial charge on any atom is -0.480 e. The van der Waals surface area contributed by atoms with Crippen LogP contribution in [0.5, 0.6) is 0 Å². The van der Waals surface area contributed by atoms with E-state index in [1.807, 2.05) is 24.5 Å². The minimum atomic E-state index is -1.01. The number of benzene rings is 1. The Bertz CT molecular complexity index is 685. The highest BCUT2D eigenvalue weighted by atomic mass is 35.5. The van der Waals surface area contributed by atoms with Crippen molar-refractivity contribution in [1.29, 1.82) is 0 Å². The van der Waals surface area contributed by atoms with Crippen molar-refractivity contribution in [3.8, 4) is 10.4 Å². The van der Waals surface area contributed by atoms with E-state index in [0.717, 1.165) is 10.4 Å². The maximum atomic E-state index is 12.2. The van der Waals surface area contributed by atoms with Gasteiger partial charge in [-0.05, 0) is 48.3 Å². The Morgan fingerprint density at radius 2 is 1.96 bits per heavy atom. The largest absolute Gasteiger partial charge is 0.480 e. The number of rotatable bonds is 7. The van der Waals surface area contributed by atoms with Crippen LogP contribution >= 0.6 is 34.7 Å². The minimum absolute atomic E-state index is 0.358. The van der Waals surface area contributed by atoms with Crippen molar-refractivity contribution in [2.24, 2.45) is 0 Å². The molecule has 0 aliphatic heterocycles. The van der Waals surface area contributed by atoms with Gasteiger partial charge in [-0.3, -0.25) is 4.79 Å². The van der Waals surface area contributed by atoms with Crippen molar-refractivity contribution in [3.05, 3.63) is 46.3 Å². The molecule has 1 aromatic heterocycles. The van der Waals surface area contributed by atoms with Gasteiger partial charge in [-0.2, -0.15) is 11.8 Å². The van der Waals surface area contributed by atoms with E-state index < -0.39 is 12.0 Å². The molecule has 0 aliphatic carbocycles. The molecule has 2 N–H and O–H groups in total. The van der Waals surface area contributed by atoms with E-state index in [1.54, 1.807) is 30.0 Å². The third kappa shape index (κ3) is 4.99. The van der Waals surface area contributed by atoms with Crippen LogP contribution in [0.1, 0.15) is 16.1 Å². The topological polar surface area (TPSA) is 66.4 Å². The SMILES string of the molecule is CSCCC(NC(=O)c1ccc(-c2ccc(Cl)cc2)s1)C(=O)O. The summed E-state index contributed by atoms with van der Waals surface area (Å²) < 4.78 is 0. The molecule has 2 rings (SSSR count). The lowest BCUT2D eigenvalue weighted by Crippen LogP contribution is -2.40. The number of thiophene rings is 1. The summed E-state index contributed by atoms with van der Waals surface area (Å²) in [7, 11) is 0. The van der Waals surface area contributed by atoms with Gasteiger partial charge >= 0.3 is 5.97 Å². The van der Waals surface area contributed by atoms with Crippen molar-refractivity contribution < 1.29 is 14.7 Å². The third-order valence-electron chi connectivity index (χ3n) is 3.17. The highest BCUT2D eigenvalue weighted by molar-refractivity contribution is 7.98. The Morgan fingerprint density at radius 3 is 2.57 bits per heavy atom. The van der Waals surface area contributed by atoms with Gasteiger partial charge in [-0.25, -0.2) is 4.79 Å². The second kappa shape index (κ2) is 8.38. The second-order valence-electron chi connectivity index (χ2n) is 4.82. The standard InChI is InChI=1S/C16H16ClNO3S2/c1-22-9-8-12(16(20)21)18-15(19)14-7-6-13(23-14)10-2-4-11(17)5-3-10/h2-7,12H,8-9H2,1H3,(H,18,19)(H,20,21). The molecule has 1 unspecified atom stereocenters. The number of thioether (sulfide) groups is 1. The number of nitrogens with one attached hydrogen (secondary N) is 1. The van der Waals surface area contributed by atoms with Gasteiger partial charge in [0.1, 0.15) is 6.04 Å². The average Bonchev–Trinajstić information content (AvgIpc) is 3.01. The van der Waals surface area contributed by atoms with Crippen molar-refractivity contribution >= 4 is 46.6 Å². The van der Waals surface area contributed by atoms with Crippen molar-refractivity contribution in [2.45, 2.75) is 12.5 Å². The number of hydrogen-bond donors (Lipinski definition) is 2. The number of hydrogen-bond acceptors (Lipinski definition) is 4. The first-order valence-corrected chi connectivity index (χ1v) is 9.48. The molecule has 0 radical (unpaired) electrons. The molecule has 1 aromatic carbocycles. The molecule has 122 valence electrons. The summed E-state index contributed by atoms with van der Waals surface area (Å²) in [6, 6.07) is 10.0. The number of carboxylic acids is 1. The van der Waals surface area contributed by atoms with E-state index in [0.29, 0.717) is 22.1 Å². The maximum Gasteiger partial charge on any atom is 0.326 e. The van der Waals surface area contributed by atoms with E-state index >= 15 is 0 Å². The quantitative estimate of drug-likeness (QED) is 0.774. The molecule has 7 heteroatoms. The third-order valence-corrected chi connectivity index (χ3v) is 5.20. The summed E-state index contributed by atoms with van der Waals surface area (Å²) in [5.41, 5.74) is 0.968. The van der Waals surface area contributed by atoms with Crippen molar-refractivity contribution in [2.75, 3.05) is 12.0 Å². The Morgan fingerprint density at radius 1 is 1.26 bits per heavy atom. The van der Waals surface area contributed by atoms with E-state index in [-0.39, 0.29) is 5.91 Å². The number of carbonyl (C=O) groups excluding carboxylic acids is 1. The lowest BCUT2D eigenvalue weighted by atomic mass is 10.2. The number of carboxylic acid groups (broad SMARTS) is 1. The van der Waals surface area contributed by atoms with Crippen LogP contribution in [0.2, 0.25) is 5.02 Å². The van der Waals surface area contributed by atoms with Crippen LogP contribution in [0.15, 0.2) is 36.4 Å². The highest BCUT2D eigenvalue weighted by Gasteiger charge is 2.21. The van der Waals surface area contributed by atoms with E-state index in [4.69, 9.17) is 11.6 Å². The molecule has 0 bridgehead atoms. The fraction of sp³-hybridized carbons (Fsp3) is 0.250. The lowest BCUT2D eigenvalue weighted by Gasteiger charge is -2.13. The molecular weight excluding hydrogens is 354 g/mol. The van der Waals surface area contributed by atoms with Crippen LogP contribution in [0.25, 0.3) is 10.4 Å². The van der Waals surface area contributed by atoms with Crippen molar-refractivity contribution in [1.82, 2.24) is 5.32 Å². The molecule has 0 saturated carbocycles. The number of amides is 1. The predicted octanol–water partition coefficient (Wildman–Crippen LogP) is 4.00. The van der Waals surface area contributed by atoms with E-state index in [1.165, 1.54) is 11.3 Å². The van der Waals surface area contributed by atoms with Crippen LogP contribution in [-0.2, 0) is 4.79 Å². The molecular formula is C16H16ClNO3S2. The van der Waals surface area contributed by atoms with Crippen LogP contribution < -0.4 is 5.32 Å². The van der Waals surface area contributed by atoms with Crippen LogP contribution in [0.4, 0.5) is 0 Å². The Balaban J connectivity index is 2.08. The molecule has 1 heterocycles. The molecule has 0 aliphatic rings. The zero-order valence-corrected chi connectivity index (χ0v) is 14.8. The van der Waals surface area contributed by atoms with E-state index in [2.05, 4.69) is 5.32 Å². The lowest BCUT2D eigenvalue weighted by molar-refractivity contribution is -0.139. The zero-order valence-electron chi connectivity index (χ0n) is 12.4. The molecule has 1 amide bonds. The highest BCUT2D eigenvalue weighted by Crippen LogP contribution is 2.29. The molecule has 4 nitrogen and oxygen atoms in total. The van der Waals surface area contributed by atoms with Crippen molar-refractivity contribution in [3.63, 3.8) is 0 Å². The summed E-state index contributed by atoms with van der Waals surface area (Å²) >= 11 is 8.74. The summed E-state index contributed by atoms with van der Waals surface area (Å²) in [6.07, 6.45) is 2.30. The van der Waals surface area contributed by atoms with Gasteiger partial charge in [-0.1, -0.05) is 23.7 Å². The Hall–Kier alpha value is -1.50. The number of carbonyl (C=O) groups is 2. The molecule has 0 saturated heterocycles. The Labute approximate surface area is 147 Å².